The Morgan fingerprint density at radius 1 is 1.33 bits per heavy atom. The monoisotopic (exact) mass is 152 g/mol. The number of nitrogens with one attached hydrogen (secondary N) is 1. The molecule has 9 heavy (non-hydrogen) atoms. The van der Waals surface area contributed by atoms with Crippen molar-refractivity contribution in [3.63, 3.8) is 0 Å². The summed E-state index contributed by atoms with van der Waals surface area (Å²) in [6, 6.07) is 0. The molecule has 0 spiro atoms. The molecule has 0 amide bonds. The third-order valence-corrected chi connectivity index (χ3v) is 1.07. The van der Waals surface area contributed by atoms with Crippen LogP contribution in [0.3, 0.4) is 0 Å². The smallest absolute Gasteiger partial charge is 0.117 e. The minimum atomic E-state index is 0.681. The molecule has 0 bridgehead atoms. The van der Waals surface area contributed by atoms with Crippen molar-refractivity contribution in [3.8, 4) is 0 Å². The minimum absolute atomic E-state index is 0.681. The number of methoxy groups -OCH3 is 1. The molecule has 0 saturated heterocycles. The maximum atomic E-state index is 4.81. The highest BCUT2D eigenvalue weighted by molar-refractivity contribution is 7.53. The van der Waals surface area contributed by atoms with Crippen LogP contribution in [0.2, 0.25) is 0 Å². The van der Waals surface area contributed by atoms with Crippen LogP contribution in [0, 0.1) is 0 Å². The molecule has 0 aromatic rings. The van der Waals surface area contributed by atoms with E-state index in [4.69, 9.17) is 4.74 Å². The van der Waals surface area contributed by atoms with Crippen LogP contribution >= 0.6 is 0 Å². The molecule has 0 saturated carbocycles. The van der Waals surface area contributed by atoms with E-state index in [1.807, 2.05) is 0 Å². The zero-order valence-corrected chi connectivity index (χ0v) is 6.64. The van der Waals surface area contributed by atoms with Crippen molar-refractivity contribution in [2.75, 3.05) is 33.4 Å². The number of ether oxygens (including phenoxy) is 1. The molecule has 0 fully saturated rings. The average Bonchev–Trinajstić information content (AvgIpc) is 1.89. The second-order valence-electron chi connectivity index (χ2n) is 1.59. The Kier molecular flexibility index (Phi) is 8.44. The maximum absolute atomic E-state index is 4.81. The van der Waals surface area contributed by atoms with Gasteiger partial charge >= 0.3 is 0 Å². The van der Waals surface area contributed by atoms with Crippen LogP contribution in [0.25, 0.3) is 0 Å². The van der Waals surface area contributed by atoms with Gasteiger partial charge < -0.3 is 10.1 Å². The summed E-state index contributed by atoms with van der Waals surface area (Å²) in [4.78, 5) is 0. The molecule has 0 aromatic carbocycles. The van der Waals surface area contributed by atoms with Gasteiger partial charge in [-0.2, -0.15) is 4.18 Å². The molecule has 1 N–H and O–H groups in total. The lowest BCUT2D eigenvalue weighted by atomic mass is 10.6. The highest BCUT2D eigenvalue weighted by Crippen LogP contribution is 1.66. The van der Waals surface area contributed by atoms with Crippen molar-refractivity contribution in [2.45, 2.75) is 0 Å². The summed E-state index contributed by atoms with van der Waals surface area (Å²) in [7, 11) is 1.68. The predicted octanol–water partition coefficient (Wildman–Crippen LogP) is -0.835. The summed E-state index contributed by atoms with van der Waals surface area (Å²) in [6.45, 7) is 3.17. The third kappa shape index (κ3) is 8.23. The molecule has 0 atom stereocenters. The standard InChI is InChI=1S/C5H13NO2S/c1-7-4-2-6-3-5-8-9/h6,9H,2-5H2,1H3/p+1. The normalized spacial score (nSPS) is 10.0. The second kappa shape index (κ2) is 8.23. The Morgan fingerprint density at radius 3 is 2.56 bits per heavy atom. The van der Waals surface area contributed by atoms with Crippen LogP contribution in [0.5, 0.6) is 0 Å². The van der Waals surface area contributed by atoms with Crippen LogP contribution in [0.1, 0.15) is 0 Å². The van der Waals surface area contributed by atoms with E-state index < -0.39 is 0 Å². The van der Waals surface area contributed by atoms with Crippen molar-refractivity contribution in [1.82, 2.24) is 5.32 Å². The van der Waals surface area contributed by atoms with Crippen LogP contribution < -0.4 is 5.32 Å². The fourth-order valence-electron chi connectivity index (χ4n) is 0.422. The summed E-state index contributed by atoms with van der Waals surface area (Å²) in [5, 5.41) is 3.11. The van der Waals surface area contributed by atoms with Crippen molar-refractivity contribution in [3.05, 3.63) is 0 Å². The Bertz CT molecular complexity index is 48.2. The van der Waals surface area contributed by atoms with Crippen molar-refractivity contribution >= 4 is 12.9 Å². The summed E-state index contributed by atoms with van der Waals surface area (Å²) >= 11 is 2.89. The molecule has 0 unspecified atom stereocenters. The van der Waals surface area contributed by atoms with Gasteiger partial charge in [0, 0.05) is 20.2 Å². The molecule has 0 aliphatic carbocycles. The zero-order valence-electron chi connectivity index (χ0n) is 5.64. The third-order valence-electron chi connectivity index (χ3n) is 0.864. The molecule has 0 aliphatic rings. The molecule has 0 heterocycles. The van der Waals surface area contributed by atoms with E-state index in [2.05, 4.69) is 22.4 Å². The number of hydrogen-bond donors (Lipinski definition) is 1. The molecule has 0 radical (unpaired) electrons. The Hall–Kier alpha value is 0.230. The van der Waals surface area contributed by atoms with Gasteiger partial charge in [0.1, 0.15) is 19.5 Å². The highest BCUT2D eigenvalue weighted by Gasteiger charge is 1.85. The first-order chi connectivity index (χ1) is 4.41. The van der Waals surface area contributed by atoms with E-state index in [9.17, 15) is 0 Å². The second-order valence-corrected chi connectivity index (χ2v) is 1.88. The molecule has 56 valence electrons. The average molecular weight is 152 g/mol. The molecule has 3 nitrogen and oxygen atoms in total. The SMILES string of the molecule is COCCNCCO[SH2+]. The fourth-order valence-corrected chi connectivity index (χ4v) is 0.524. The maximum Gasteiger partial charge on any atom is 0.117 e. The van der Waals surface area contributed by atoms with E-state index in [0.29, 0.717) is 6.61 Å². The lowest BCUT2D eigenvalue weighted by molar-refractivity contribution is 0.198. The summed E-state index contributed by atoms with van der Waals surface area (Å²) < 4.78 is 9.43. The predicted molar refractivity (Wildman–Crippen MR) is 40.9 cm³/mol. The van der Waals surface area contributed by atoms with Crippen molar-refractivity contribution in [2.24, 2.45) is 0 Å². The van der Waals surface area contributed by atoms with E-state index in [0.717, 1.165) is 19.7 Å². The van der Waals surface area contributed by atoms with Gasteiger partial charge in [0.15, 0.2) is 0 Å². The Balaban J connectivity index is 2.60. The summed E-state index contributed by atoms with van der Waals surface area (Å²) in [6.07, 6.45) is 0. The van der Waals surface area contributed by atoms with Gasteiger partial charge in [-0.05, 0) is 0 Å². The van der Waals surface area contributed by atoms with E-state index in [-0.39, 0.29) is 0 Å². The van der Waals surface area contributed by atoms with Crippen LogP contribution in [0.15, 0.2) is 0 Å². The molecular formula is C5H14NO2S+. The first-order valence-electron chi connectivity index (χ1n) is 2.90. The molecule has 0 aromatic heterocycles. The van der Waals surface area contributed by atoms with Crippen molar-refractivity contribution < 1.29 is 8.92 Å². The largest absolute Gasteiger partial charge is 0.383 e. The van der Waals surface area contributed by atoms with Crippen molar-refractivity contribution in [1.29, 1.82) is 0 Å². The molecule has 4 heteroatoms. The summed E-state index contributed by atoms with van der Waals surface area (Å²) in [5.74, 6) is 0. The number of rotatable bonds is 6. The van der Waals surface area contributed by atoms with E-state index in [1.54, 1.807) is 7.11 Å². The van der Waals surface area contributed by atoms with Gasteiger partial charge in [-0.1, -0.05) is 0 Å². The Labute approximate surface area is 61.3 Å². The summed E-state index contributed by atoms with van der Waals surface area (Å²) in [5.41, 5.74) is 0. The molecule has 0 rings (SSSR count). The fraction of sp³-hybridized carbons (Fsp3) is 1.00. The van der Waals surface area contributed by atoms with Gasteiger partial charge in [0.25, 0.3) is 0 Å². The first kappa shape index (κ1) is 9.23. The van der Waals surface area contributed by atoms with Gasteiger partial charge in [0.2, 0.25) is 0 Å². The van der Waals surface area contributed by atoms with Crippen LogP contribution in [0.4, 0.5) is 0 Å². The van der Waals surface area contributed by atoms with Gasteiger partial charge in [0.05, 0.1) is 6.61 Å². The van der Waals surface area contributed by atoms with Gasteiger partial charge in [-0.15, -0.1) is 0 Å². The van der Waals surface area contributed by atoms with Gasteiger partial charge in [-0.25, -0.2) is 0 Å². The lowest BCUT2D eigenvalue weighted by Gasteiger charge is -1.98. The molecular weight excluding hydrogens is 138 g/mol. The van der Waals surface area contributed by atoms with E-state index >= 15 is 0 Å². The lowest BCUT2D eigenvalue weighted by Crippen LogP contribution is -2.22. The highest BCUT2D eigenvalue weighted by atomic mass is 32.1. The Morgan fingerprint density at radius 2 is 2.00 bits per heavy atom. The molecule has 0 aliphatic heterocycles. The zero-order chi connectivity index (χ0) is 6.95. The quantitative estimate of drug-likeness (QED) is 0.398. The van der Waals surface area contributed by atoms with Crippen LogP contribution in [-0.4, -0.2) is 33.4 Å². The minimum Gasteiger partial charge on any atom is -0.383 e. The topological polar surface area (TPSA) is 30.5 Å². The number of hydrogen-bond acceptors (Lipinski definition) is 3. The van der Waals surface area contributed by atoms with Crippen LogP contribution in [-0.2, 0) is 21.8 Å². The van der Waals surface area contributed by atoms with E-state index in [1.165, 1.54) is 0 Å². The van der Waals surface area contributed by atoms with Gasteiger partial charge in [-0.3, -0.25) is 0 Å². The first-order valence-corrected chi connectivity index (χ1v) is 3.31.